The second-order valence-electron chi connectivity index (χ2n) is 4.01. The van der Waals surface area contributed by atoms with Gasteiger partial charge in [0.05, 0.1) is 5.88 Å². The number of rotatable bonds is 1. The van der Waals surface area contributed by atoms with Crippen LogP contribution in [0.15, 0.2) is 0 Å². The van der Waals surface area contributed by atoms with E-state index < -0.39 is 11.6 Å². The first-order valence-corrected chi connectivity index (χ1v) is 5.35. The molecule has 0 aromatic heterocycles. The lowest BCUT2D eigenvalue weighted by Crippen LogP contribution is -2.37. The normalized spacial score (nSPS) is 38.3. The molecule has 1 unspecified atom stereocenters. The summed E-state index contributed by atoms with van der Waals surface area (Å²) >= 11 is 5.72. The Morgan fingerprint density at radius 1 is 1.15 bits per heavy atom. The maximum atomic E-state index is 5.75. The van der Waals surface area contributed by atoms with Crippen molar-refractivity contribution >= 4 is 11.6 Å². The highest BCUT2D eigenvalue weighted by atomic mass is 35.5. The monoisotopic (exact) mass is 206 g/mol. The molecule has 1 heterocycles. The maximum Gasteiger partial charge on any atom is 0.215 e. The van der Waals surface area contributed by atoms with Gasteiger partial charge >= 0.3 is 0 Å². The van der Waals surface area contributed by atoms with Crippen molar-refractivity contribution in [3.63, 3.8) is 0 Å². The largest absolute Gasteiger partial charge is 0.311 e. The lowest BCUT2D eigenvalue weighted by atomic mass is 9.94. The molecule has 76 valence electrons. The molecular formula is C9H15ClO3. The zero-order valence-electron chi connectivity index (χ0n) is 7.85. The molecule has 1 atom stereocenters. The molecule has 2 aliphatic rings. The lowest BCUT2D eigenvalue weighted by Gasteiger charge is -2.29. The Morgan fingerprint density at radius 2 is 1.85 bits per heavy atom. The molecule has 1 saturated heterocycles. The fourth-order valence-corrected chi connectivity index (χ4v) is 2.02. The van der Waals surface area contributed by atoms with E-state index in [1.54, 1.807) is 0 Å². The van der Waals surface area contributed by atoms with Gasteiger partial charge in [-0.3, -0.25) is 0 Å². The predicted molar refractivity (Wildman–Crippen MR) is 48.2 cm³/mol. The van der Waals surface area contributed by atoms with Crippen LogP contribution in [-0.4, -0.2) is 17.5 Å². The second kappa shape index (κ2) is 3.39. The van der Waals surface area contributed by atoms with Crippen molar-refractivity contribution in [3.05, 3.63) is 0 Å². The van der Waals surface area contributed by atoms with Crippen LogP contribution in [0.2, 0.25) is 0 Å². The van der Waals surface area contributed by atoms with Crippen LogP contribution < -0.4 is 0 Å². The van der Waals surface area contributed by atoms with Gasteiger partial charge in [0.25, 0.3) is 0 Å². The van der Waals surface area contributed by atoms with Gasteiger partial charge in [-0.1, -0.05) is 6.42 Å². The lowest BCUT2D eigenvalue weighted by molar-refractivity contribution is -0.348. The molecule has 0 N–H and O–H groups in total. The fraction of sp³-hybridized carbons (Fsp3) is 1.00. The Kier molecular flexibility index (Phi) is 2.53. The van der Waals surface area contributed by atoms with Crippen LogP contribution in [0.3, 0.4) is 0 Å². The van der Waals surface area contributed by atoms with Crippen LogP contribution in [0.25, 0.3) is 0 Å². The molecule has 1 aliphatic heterocycles. The average Bonchev–Trinajstić information content (AvgIpc) is 2.47. The smallest absolute Gasteiger partial charge is 0.215 e. The minimum Gasteiger partial charge on any atom is -0.311 e. The quantitative estimate of drug-likeness (QED) is 0.488. The Balaban J connectivity index is 2.02. The number of halogens is 1. The first-order valence-electron chi connectivity index (χ1n) is 4.81. The third-order valence-electron chi connectivity index (χ3n) is 2.63. The van der Waals surface area contributed by atoms with Gasteiger partial charge in [-0.15, -0.1) is 11.6 Å². The second-order valence-corrected chi connectivity index (χ2v) is 4.27. The minimum atomic E-state index is -0.751. The van der Waals surface area contributed by atoms with E-state index in [2.05, 4.69) is 0 Å². The summed E-state index contributed by atoms with van der Waals surface area (Å²) in [5.41, 5.74) is 0. The minimum absolute atomic E-state index is 0.300. The Bertz CT molecular complexity index is 191. The van der Waals surface area contributed by atoms with E-state index in [0.717, 1.165) is 25.7 Å². The maximum absolute atomic E-state index is 5.75. The van der Waals surface area contributed by atoms with Gasteiger partial charge in [-0.25, -0.2) is 0 Å². The molecule has 1 aliphatic carbocycles. The van der Waals surface area contributed by atoms with E-state index in [1.807, 2.05) is 6.92 Å². The Morgan fingerprint density at radius 3 is 2.38 bits per heavy atom. The molecular weight excluding hydrogens is 192 g/mol. The summed E-state index contributed by atoms with van der Waals surface area (Å²) in [6.45, 7) is 1.81. The molecule has 2 fully saturated rings. The number of ether oxygens (including phenoxy) is 1. The van der Waals surface area contributed by atoms with Gasteiger partial charge in [0.15, 0.2) is 0 Å². The number of hydrogen-bond donors (Lipinski definition) is 0. The molecule has 1 spiro atoms. The summed E-state index contributed by atoms with van der Waals surface area (Å²) in [6, 6.07) is 0. The van der Waals surface area contributed by atoms with Crippen LogP contribution in [0.4, 0.5) is 0 Å². The molecule has 3 nitrogen and oxygen atoms in total. The molecule has 1 saturated carbocycles. The van der Waals surface area contributed by atoms with Gasteiger partial charge < -0.3 is 4.74 Å². The third kappa shape index (κ3) is 1.84. The molecule has 0 amide bonds. The zero-order chi connectivity index (χ0) is 9.36. The van der Waals surface area contributed by atoms with E-state index in [4.69, 9.17) is 26.1 Å². The first kappa shape index (κ1) is 9.71. The van der Waals surface area contributed by atoms with Crippen molar-refractivity contribution in [3.8, 4) is 0 Å². The highest BCUT2D eigenvalue weighted by molar-refractivity contribution is 6.18. The third-order valence-corrected chi connectivity index (χ3v) is 3.12. The van der Waals surface area contributed by atoms with Crippen molar-refractivity contribution in [2.75, 3.05) is 5.88 Å². The highest BCUT2D eigenvalue weighted by Gasteiger charge is 2.50. The van der Waals surface area contributed by atoms with Crippen LogP contribution in [-0.2, 0) is 14.5 Å². The van der Waals surface area contributed by atoms with Gasteiger partial charge in [-0.2, -0.15) is 9.78 Å². The SMILES string of the molecule is CC1(CCl)OOC2(CCCCC2)O1. The van der Waals surface area contributed by atoms with E-state index in [1.165, 1.54) is 6.42 Å². The summed E-state index contributed by atoms with van der Waals surface area (Å²) in [6.07, 6.45) is 5.37. The van der Waals surface area contributed by atoms with Crippen molar-refractivity contribution in [1.29, 1.82) is 0 Å². The average molecular weight is 207 g/mol. The Hall–Kier alpha value is 0.170. The molecule has 2 rings (SSSR count). The highest BCUT2D eigenvalue weighted by Crippen LogP contribution is 2.42. The standard InChI is InChI=1S/C9H15ClO3/c1-8(7-10)11-9(13-12-8)5-3-2-4-6-9/h2-7H2,1H3. The number of hydrogen-bond acceptors (Lipinski definition) is 3. The van der Waals surface area contributed by atoms with Gasteiger partial charge in [0, 0.05) is 12.8 Å². The summed E-state index contributed by atoms with van der Waals surface area (Å²) in [7, 11) is 0. The van der Waals surface area contributed by atoms with E-state index in [9.17, 15) is 0 Å². The van der Waals surface area contributed by atoms with Gasteiger partial charge in [0.1, 0.15) is 0 Å². The summed E-state index contributed by atoms with van der Waals surface area (Å²) < 4.78 is 5.75. The molecule has 0 aromatic rings. The van der Waals surface area contributed by atoms with Crippen molar-refractivity contribution in [2.45, 2.75) is 50.6 Å². The predicted octanol–water partition coefficient (Wildman–Crippen LogP) is 2.58. The van der Waals surface area contributed by atoms with Crippen LogP contribution in [0.5, 0.6) is 0 Å². The van der Waals surface area contributed by atoms with Crippen LogP contribution in [0.1, 0.15) is 39.0 Å². The fourth-order valence-electron chi connectivity index (χ4n) is 1.92. The summed E-state index contributed by atoms with van der Waals surface area (Å²) in [4.78, 5) is 10.4. The van der Waals surface area contributed by atoms with Crippen LogP contribution in [0, 0.1) is 0 Å². The molecule has 0 bridgehead atoms. The van der Waals surface area contributed by atoms with Crippen molar-refractivity contribution in [2.24, 2.45) is 0 Å². The zero-order valence-corrected chi connectivity index (χ0v) is 8.60. The molecule has 0 aromatic carbocycles. The van der Waals surface area contributed by atoms with Crippen LogP contribution >= 0.6 is 11.6 Å². The first-order chi connectivity index (χ1) is 6.18. The van der Waals surface area contributed by atoms with E-state index in [0.29, 0.717) is 5.88 Å². The molecule has 4 heteroatoms. The van der Waals surface area contributed by atoms with Gasteiger partial charge in [-0.05, 0) is 19.8 Å². The van der Waals surface area contributed by atoms with Gasteiger partial charge in [0.2, 0.25) is 11.6 Å². The molecule has 0 radical (unpaired) electrons. The summed E-state index contributed by atoms with van der Waals surface area (Å²) in [5.74, 6) is -0.949. The van der Waals surface area contributed by atoms with E-state index >= 15 is 0 Å². The van der Waals surface area contributed by atoms with E-state index in [-0.39, 0.29) is 0 Å². The molecule has 13 heavy (non-hydrogen) atoms. The topological polar surface area (TPSA) is 27.7 Å². The number of alkyl halides is 1. The van der Waals surface area contributed by atoms with Crippen molar-refractivity contribution < 1.29 is 14.5 Å². The summed E-state index contributed by atoms with van der Waals surface area (Å²) in [5, 5.41) is 0. The Labute approximate surface area is 83.2 Å². The van der Waals surface area contributed by atoms with Crippen molar-refractivity contribution in [1.82, 2.24) is 0 Å².